The third-order valence-electron chi connectivity index (χ3n) is 3.74. The van der Waals surface area contributed by atoms with Crippen LogP contribution in [0.25, 0.3) is 0 Å². The van der Waals surface area contributed by atoms with E-state index in [0.717, 1.165) is 19.4 Å². The lowest BCUT2D eigenvalue weighted by molar-refractivity contribution is -0.146. The molecule has 0 amide bonds. The molecular formula is C13H28N2O2. The monoisotopic (exact) mass is 244 g/mol. The minimum absolute atomic E-state index is 0.191. The molecule has 17 heavy (non-hydrogen) atoms. The van der Waals surface area contributed by atoms with Crippen LogP contribution in [0.4, 0.5) is 0 Å². The van der Waals surface area contributed by atoms with Gasteiger partial charge in [-0.3, -0.25) is 4.79 Å². The Morgan fingerprint density at radius 2 is 1.88 bits per heavy atom. The maximum Gasteiger partial charge on any atom is 0.325 e. The number of ether oxygens (including phenoxy) is 1. The smallest absolute Gasteiger partial charge is 0.325 e. The highest BCUT2D eigenvalue weighted by atomic mass is 16.5. The molecule has 0 aliphatic carbocycles. The molecule has 2 N–H and O–H groups in total. The average Bonchev–Trinajstić information content (AvgIpc) is 2.27. The highest BCUT2D eigenvalue weighted by Crippen LogP contribution is 2.18. The topological polar surface area (TPSA) is 55.6 Å². The van der Waals surface area contributed by atoms with E-state index in [0.29, 0.717) is 6.42 Å². The molecular weight excluding hydrogens is 216 g/mol. The van der Waals surface area contributed by atoms with Crippen molar-refractivity contribution >= 4 is 5.97 Å². The molecule has 1 unspecified atom stereocenters. The molecule has 0 aromatic heterocycles. The summed E-state index contributed by atoms with van der Waals surface area (Å²) in [5.74, 6) is -0.338. The van der Waals surface area contributed by atoms with Gasteiger partial charge in [0.25, 0.3) is 0 Å². The Hall–Kier alpha value is -0.610. The van der Waals surface area contributed by atoms with Gasteiger partial charge >= 0.3 is 5.97 Å². The molecule has 4 nitrogen and oxygen atoms in total. The molecule has 0 heterocycles. The van der Waals surface area contributed by atoms with E-state index < -0.39 is 5.54 Å². The molecule has 0 aromatic rings. The van der Waals surface area contributed by atoms with E-state index in [1.807, 2.05) is 0 Å². The lowest BCUT2D eigenvalue weighted by atomic mass is 9.95. The fourth-order valence-corrected chi connectivity index (χ4v) is 1.59. The van der Waals surface area contributed by atoms with Crippen molar-refractivity contribution in [2.24, 2.45) is 5.73 Å². The van der Waals surface area contributed by atoms with E-state index >= 15 is 0 Å². The molecule has 0 rings (SSSR count). The minimum atomic E-state index is -0.869. The van der Waals surface area contributed by atoms with Crippen molar-refractivity contribution in [1.29, 1.82) is 0 Å². The summed E-state index contributed by atoms with van der Waals surface area (Å²) in [6.45, 7) is 9.27. The van der Waals surface area contributed by atoms with Crippen LogP contribution < -0.4 is 5.73 Å². The van der Waals surface area contributed by atoms with Crippen LogP contribution in [-0.4, -0.2) is 42.6 Å². The lowest BCUT2D eigenvalue weighted by Gasteiger charge is -2.35. The number of carbonyl (C=O) groups is 1. The normalized spacial score (nSPS) is 15.8. The Morgan fingerprint density at radius 3 is 2.29 bits per heavy atom. The first-order chi connectivity index (χ1) is 7.67. The SMILES string of the molecule is CCC(C)(C)N(C)CCCC(C)(N)C(=O)OC. The second kappa shape index (κ2) is 6.36. The van der Waals surface area contributed by atoms with E-state index in [9.17, 15) is 4.79 Å². The Balaban J connectivity index is 4.12. The molecule has 0 radical (unpaired) electrons. The first-order valence-electron chi connectivity index (χ1n) is 6.26. The largest absolute Gasteiger partial charge is 0.468 e. The van der Waals surface area contributed by atoms with E-state index in [4.69, 9.17) is 5.73 Å². The maximum absolute atomic E-state index is 11.4. The van der Waals surface area contributed by atoms with Crippen molar-refractivity contribution in [1.82, 2.24) is 4.90 Å². The van der Waals surface area contributed by atoms with Gasteiger partial charge in [0.15, 0.2) is 0 Å². The fraction of sp³-hybridized carbons (Fsp3) is 0.923. The third-order valence-corrected chi connectivity index (χ3v) is 3.74. The summed E-state index contributed by atoms with van der Waals surface area (Å²) >= 11 is 0. The number of methoxy groups -OCH3 is 1. The summed E-state index contributed by atoms with van der Waals surface area (Å²) in [5, 5.41) is 0. The number of hydrogen-bond donors (Lipinski definition) is 1. The highest BCUT2D eigenvalue weighted by molar-refractivity contribution is 5.79. The van der Waals surface area contributed by atoms with Gasteiger partial charge in [-0.15, -0.1) is 0 Å². The van der Waals surface area contributed by atoms with Crippen LogP contribution in [0.3, 0.4) is 0 Å². The van der Waals surface area contributed by atoms with Crippen LogP contribution >= 0.6 is 0 Å². The second-order valence-corrected chi connectivity index (χ2v) is 5.60. The van der Waals surface area contributed by atoms with Gasteiger partial charge in [0, 0.05) is 5.54 Å². The van der Waals surface area contributed by atoms with Crippen LogP contribution in [0.5, 0.6) is 0 Å². The quantitative estimate of drug-likeness (QED) is 0.694. The molecule has 102 valence electrons. The standard InChI is InChI=1S/C13H28N2O2/c1-7-12(2,3)15(5)10-8-9-13(4,14)11(16)17-6/h7-10,14H2,1-6H3. The predicted molar refractivity (Wildman–Crippen MR) is 70.8 cm³/mol. The van der Waals surface area contributed by atoms with Crippen LogP contribution in [0.2, 0.25) is 0 Å². The van der Waals surface area contributed by atoms with E-state index in [1.54, 1.807) is 6.92 Å². The van der Waals surface area contributed by atoms with Gasteiger partial charge in [0.1, 0.15) is 5.54 Å². The van der Waals surface area contributed by atoms with Crippen molar-refractivity contribution in [3.05, 3.63) is 0 Å². The Kier molecular flexibility index (Phi) is 6.13. The van der Waals surface area contributed by atoms with Crippen LogP contribution in [0.15, 0.2) is 0 Å². The van der Waals surface area contributed by atoms with E-state index in [1.165, 1.54) is 7.11 Å². The van der Waals surface area contributed by atoms with E-state index in [-0.39, 0.29) is 11.5 Å². The molecule has 0 bridgehead atoms. The van der Waals surface area contributed by atoms with Gasteiger partial charge in [0.05, 0.1) is 7.11 Å². The number of carbonyl (C=O) groups excluding carboxylic acids is 1. The van der Waals surface area contributed by atoms with E-state index in [2.05, 4.69) is 37.5 Å². The van der Waals surface area contributed by atoms with Gasteiger partial charge in [-0.1, -0.05) is 6.92 Å². The van der Waals surface area contributed by atoms with Crippen molar-refractivity contribution in [3.8, 4) is 0 Å². The van der Waals surface area contributed by atoms with Crippen molar-refractivity contribution < 1.29 is 9.53 Å². The molecule has 4 heteroatoms. The summed E-state index contributed by atoms with van der Waals surface area (Å²) in [5.41, 5.74) is 5.23. The molecule has 0 spiro atoms. The van der Waals surface area contributed by atoms with Crippen LogP contribution in [0.1, 0.15) is 47.0 Å². The van der Waals surface area contributed by atoms with Gasteiger partial charge < -0.3 is 15.4 Å². The summed E-state index contributed by atoms with van der Waals surface area (Å²) < 4.78 is 4.68. The summed E-state index contributed by atoms with van der Waals surface area (Å²) in [6, 6.07) is 0. The number of esters is 1. The minimum Gasteiger partial charge on any atom is -0.468 e. The maximum atomic E-state index is 11.4. The second-order valence-electron chi connectivity index (χ2n) is 5.60. The first-order valence-corrected chi connectivity index (χ1v) is 6.26. The Labute approximate surface area is 105 Å². The number of rotatable bonds is 7. The zero-order valence-electron chi connectivity index (χ0n) is 12.2. The molecule has 0 fully saturated rings. The van der Waals surface area contributed by atoms with Gasteiger partial charge in [-0.25, -0.2) is 0 Å². The van der Waals surface area contributed by atoms with Crippen molar-refractivity contribution in [3.63, 3.8) is 0 Å². The van der Waals surface area contributed by atoms with Gasteiger partial charge in [-0.2, -0.15) is 0 Å². The molecule has 0 saturated carbocycles. The Morgan fingerprint density at radius 1 is 1.35 bits per heavy atom. The molecule has 0 saturated heterocycles. The Bertz CT molecular complexity index is 250. The predicted octanol–water partition coefficient (Wildman–Crippen LogP) is 1.78. The summed E-state index contributed by atoms with van der Waals surface area (Å²) in [4.78, 5) is 13.7. The summed E-state index contributed by atoms with van der Waals surface area (Å²) in [7, 11) is 3.48. The number of hydrogen-bond acceptors (Lipinski definition) is 4. The first kappa shape index (κ1) is 16.4. The van der Waals surface area contributed by atoms with Crippen LogP contribution in [-0.2, 0) is 9.53 Å². The highest BCUT2D eigenvalue weighted by Gasteiger charge is 2.29. The van der Waals surface area contributed by atoms with Gasteiger partial charge in [0.2, 0.25) is 0 Å². The van der Waals surface area contributed by atoms with Crippen molar-refractivity contribution in [2.45, 2.75) is 58.0 Å². The molecule has 0 aliphatic heterocycles. The average molecular weight is 244 g/mol. The molecule has 0 aromatic carbocycles. The third kappa shape index (κ3) is 5.04. The number of nitrogens with zero attached hydrogens (tertiary/aromatic N) is 1. The number of nitrogens with two attached hydrogens (primary N) is 1. The van der Waals surface area contributed by atoms with Crippen LogP contribution in [0, 0.1) is 0 Å². The zero-order valence-corrected chi connectivity index (χ0v) is 12.2. The fourth-order valence-electron chi connectivity index (χ4n) is 1.59. The van der Waals surface area contributed by atoms with Gasteiger partial charge in [-0.05, 0) is 53.6 Å². The summed E-state index contributed by atoms with van der Waals surface area (Å²) in [6.07, 6.45) is 2.63. The molecule has 1 atom stereocenters. The lowest BCUT2D eigenvalue weighted by Crippen LogP contribution is -2.47. The van der Waals surface area contributed by atoms with Crippen molar-refractivity contribution in [2.75, 3.05) is 20.7 Å². The molecule has 0 aliphatic rings. The zero-order chi connectivity index (χ0) is 13.7.